The van der Waals surface area contributed by atoms with Gasteiger partial charge in [0, 0.05) is 27.7 Å². The number of nitrogens with one attached hydrogen (secondary N) is 2. The molecular formula is C50H38BaCl2N6O12S2. The van der Waals surface area contributed by atoms with E-state index in [4.69, 9.17) is 32.7 Å². The molecule has 0 heterocycles. The van der Waals surface area contributed by atoms with Crippen LogP contribution in [0.5, 0.6) is 23.0 Å². The van der Waals surface area contributed by atoms with Gasteiger partial charge in [0.1, 0.15) is 43.6 Å². The number of nitrogens with zero attached hydrogens (tertiary/aromatic N) is 4. The molecular weight excluding hydrogens is 1150 g/mol. The van der Waals surface area contributed by atoms with Crippen LogP contribution in [0.1, 0.15) is 31.8 Å². The normalized spacial score (nSPS) is 11.5. The summed E-state index contributed by atoms with van der Waals surface area (Å²) in [6.07, 6.45) is 0. The van der Waals surface area contributed by atoms with Crippen LogP contribution in [0.25, 0.3) is 21.5 Å². The van der Waals surface area contributed by atoms with E-state index in [1.165, 1.54) is 64.5 Å². The third kappa shape index (κ3) is 12.9. The Morgan fingerprint density at radius 2 is 0.973 bits per heavy atom. The first kappa shape index (κ1) is 55.9. The predicted molar refractivity (Wildman–Crippen MR) is 275 cm³/mol. The number of hydrogen-bond acceptors (Lipinski definition) is 15. The van der Waals surface area contributed by atoms with Crippen molar-refractivity contribution in [3.05, 3.63) is 166 Å². The number of hydrogen-bond donors (Lipinski definition) is 4. The van der Waals surface area contributed by atoms with Crippen molar-refractivity contribution in [3.8, 4) is 23.0 Å². The Morgan fingerprint density at radius 1 is 0.575 bits per heavy atom. The van der Waals surface area contributed by atoms with Gasteiger partial charge < -0.3 is 34.9 Å². The van der Waals surface area contributed by atoms with Crippen LogP contribution in [-0.2, 0) is 20.2 Å². The van der Waals surface area contributed by atoms with Crippen LogP contribution < -0.4 is 25.2 Å². The average Bonchev–Trinajstić information content (AvgIpc) is 3.34. The molecule has 368 valence electrons. The molecule has 4 N–H and O–H groups in total. The van der Waals surface area contributed by atoms with Crippen molar-refractivity contribution in [1.82, 2.24) is 0 Å². The second kappa shape index (κ2) is 23.6. The van der Waals surface area contributed by atoms with Crippen molar-refractivity contribution in [2.45, 2.75) is 23.6 Å². The SMILES string of the molecule is COc1ccc(NC(=O)c2cc3ccccc3c(N=Nc3c(Cl)ccc(C)c3S(=O)(=O)O)c2O)cc1.COc1ccc(NC(=O)c2cc3ccccc3c(N=Nc3c(Cl)ccc(C)c3S(=O)(=O)[O-])c2[O-])cc1.[Ba+2]. The van der Waals surface area contributed by atoms with Crippen LogP contribution >= 0.6 is 23.2 Å². The third-order valence-corrected chi connectivity index (χ3v) is 13.4. The molecule has 23 heteroatoms. The fourth-order valence-electron chi connectivity index (χ4n) is 7.24. The molecule has 0 aromatic heterocycles. The van der Waals surface area contributed by atoms with Gasteiger partial charge in [0.2, 0.25) is 0 Å². The molecule has 73 heavy (non-hydrogen) atoms. The van der Waals surface area contributed by atoms with E-state index in [1.54, 1.807) is 97.1 Å². The van der Waals surface area contributed by atoms with Crippen LogP contribution in [-0.4, -0.2) is 106 Å². The standard InChI is InChI=1S/2C25H20ClN3O6S.Ba/c2*1-14-7-12-20(26)22(24(14)36(32,33)34)29-28-21-18-6-4-3-5-15(18)13-19(23(21)30)25(31)27-16-8-10-17(35-2)11-9-16;/h2*3-13,30H,1-2H3,(H,27,31)(H,32,33,34);/q;;+2/p-2. The largest absolute Gasteiger partial charge is 2.00 e. The summed E-state index contributed by atoms with van der Waals surface area (Å²) in [6.45, 7) is 2.88. The topological polar surface area (TPSA) is 281 Å². The summed E-state index contributed by atoms with van der Waals surface area (Å²) in [6, 6.07) is 35.2. The second-order valence-electron chi connectivity index (χ2n) is 15.4. The van der Waals surface area contributed by atoms with Crippen molar-refractivity contribution in [2.75, 3.05) is 24.9 Å². The number of aromatic hydroxyl groups is 1. The summed E-state index contributed by atoms with van der Waals surface area (Å²) in [5.74, 6) is -1.28. The Bertz CT molecular complexity index is 3490. The summed E-state index contributed by atoms with van der Waals surface area (Å²) in [4.78, 5) is 24.9. The number of amides is 2. The fraction of sp³-hybridized carbons (Fsp3) is 0.0800. The van der Waals surface area contributed by atoms with Crippen molar-refractivity contribution in [3.63, 3.8) is 0 Å². The van der Waals surface area contributed by atoms with Gasteiger partial charge in [-0.2, -0.15) is 13.5 Å². The van der Waals surface area contributed by atoms with Gasteiger partial charge in [-0.25, -0.2) is 8.42 Å². The first-order chi connectivity index (χ1) is 34.2. The Hall–Kier alpha value is -6.41. The molecule has 0 aliphatic heterocycles. The number of azo groups is 2. The van der Waals surface area contributed by atoms with E-state index in [-0.39, 0.29) is 104 Å². The zero-order valence-corrected chi connectivity index (χ0v) is 46.3. The fourth-order valence-corrected chi connectivity index (χ4v) is 9.46. The molecule has 0 saturated heterocycles. The van der Waals surface area contributed by atoms with Gasteiger partial charge in [-0.3, -0.25) is 14.1 Å². The van der Waals surface area contributed by atoms with E-state index in [9.17, 15) is 45.7 Å². The number of carbonyl (C=O) groups excluding carboxylic acids is 2. The minimum Gasteiger partial charge on any atom is -0.870 e. The molecule has 0 unspecified atom stereocenters. The summed E-state index contributed by atoms with van der Waals surface area (Å²) in [7, 11) is -6.58. The number of phenolic OH excluding ortho intramolecular Hbond substituents is 1. The molecule has 0 fully saturated rings. The van der Waals surface area contributed by atoms with E-state index < -0.39 is 53.3 Å². The molecule has 18 nitrogen and oxygen atoms in total. The van der Waals surface area contributed by atoms with Crippen molar-refractivity contribution < 1.29 is 55.2 Å². The summed E-state index contributed by atoms with van der Waals surface area (Å²) >= 11 is 12.3. The number of halogens is 2. The van der Waals surface area contributed by atoms with Crippen molar-refractivity contribution in [1.29, 1.82) is 0 Å². The van der Waals surface area contributed by atoms with E-state index in [0.29, 0.717) is 44.4 Å². The van der Waals surface area contributed by atoms with Crippen LogP contribution in [0.15, 0.2) is 164 Å². The molecule has 0 radical (unpaired) electrons. The molecule has 8 aromatic rings. The Balaban J connectivity index is 0.000000235. The average molecular weight is 1190 g/mol. The molecule has 8 rings (SSSR count). The zero-order valence-electron chi connectivity index (χ0n) is 38.7. The van der Waals surface area contributed by atoms with Crippen LogP contribution in [0.4, 0.5) is 34.1 Å². The van der Waals surface area contributed by atoms with E-state index >= 15 is 0 Å². The van der Waals surface area contributed by atoms with Gasteiger partial charge in [-0.1, -0.05) is 89.6 Å². The monoisotopic (exact) mass is 1190 g/mol. The molecule has 0 bridgehead atoms. The van der Waals surface area contributed by atoms with Gasteiger partial charge in [-0.15, -0.1) is 15.3 Å². The van der Waals surface area contributed by atoms with Crippen LogP contribution in [0, 0.1) is 13.8 Å². The minimum absolute atomic E-state index is 0. The maximum absolute atomic E-state index is 13.3. The van der Waals surface area contributed by atoms with E-state index in [2.05, 4.69) is 31.1 Å². The molecule has 0 spiro atoms. The Labute approximate surface area is 468 Å². The van der Waals surface area contributed by atoms with Gasteiger partial charge in [0.25, 0.3) is 21.9 Å². The number of aryl methyl sites for hydroxylation is 2. The van der Waals surface area contributed by atoms with Crippen LogP contribution in [0.3, 0.4) is 0 Å². The number of carbonyl (C=O) groups is 2. The number of benzene rings is 8. The number of fused-ring (bicyclic) bond motifs is 2. The predicted octanol–water partition coefficient (Wildman–Crippen LogP) is 11.5. The third-order valence-electron chi connectivity index (χ3n) is 10.7. The first-order valence-electron chi connectivity index (χ1n) is 20.9. The van der Waals surface area contributed by atoms with Gasteiger partial charge in [0.15, 0.2) is 5.75 Å². The molecule has 8 aromatic carbocycles. The van der Waals surface area contributed by atoms with Crippen molar-refractivity contribution in [2.24, 2.45) is 20.5 Å². The van der Waals surface area contributed by atoms with E-state index in [1.807, 2.05) is 0 Å². The number of anilines is 2. The Kier molecular flexibility index (Phi) is 18.1. The molecule has 0 atom stereocenters. The molecule has 0 aliphatic rings. The number of methoxy groups -OCH3 is 2. The smallest absolute Gasteiger partial charge is 0.870 e. The summed E-state index contributed by atoms with van der Waals surface area (Å²) < 4.78 is 79.3. The molecule has 0 aliphatic carbocycles. The quantitative estimate of drug-likeness (QED) is 0.0505. The summed E-state index contributed by atoms with van der Waals surface area (Å²) in [5.41, 5.74) is -0.00475. The second-order valence-corrected chi connectivity index (χ2v) is 18.9. The number of ether oxygens (including phenoxy) is 2. The first-order valence-corrected chi connectivity index (χ1v) is 24.5. The number of rotatable bonds is 12. The number of phenols is 1. The molecule has 2 amide bonds. The zero-order chi connectivity index (χ0) is 52.1. The van der Waals surface area contributed by atoms with Crippen LogP contribution in [0.2, 0.25) is 10.0 Å². The summed E-state index contributed by atoms with van der Waals surface area (Å²) in [5, 5.41) is 47.3. The van der Waals surface area contributed by atoms with Gasteiger partial charge in [0.05, 0.1) is 40.4 Å². The van der Waals surface area contributed by atoms with Gasteiger partial charge >= 0.3 is 48.9 Å². The molecule has 0 saturated carbocycles. The Morgan fingerprint density at radius 3 is 1.44 bits per heavy atom. The van der Waals surface area contributed by atoms with Gasteiger partial charge in [-0.05, 0) is 109 Å². The maximum Gasteiger partial charge on any atom is 2.00 e. The van der Waals surface area contributed by atoms with Crippen molar-refractivity contribution >= 4 is 160 Å². The van der Waals surface area contributed by atoms with E-state index in [0.717, 1.165) is 0 Å². The maximum atomic E-state index is 13.3. The minimum atomic E-state index is -4.94.